The van der Waals surface area contributed by atoms with Gasteiger partial charge in [0, 0.05) is 0 Å². The van der Waals surface area contributed by atoms with E-state index in [1.807, 2.05) is 0 Å². The van der Waals surface area contributed by atoms with E-state index in [1.54, 1.807) is 0 Å². The molecule has 0 unspecified atom stereocenters. The summed E-state index contributed by atoms with van der Waals surface area (Å²) in [4.78, 5) is -0.167. The molecule has 29 valence electrons. The van der Waals surface area contributed by atoms with Gasteiger partial charge < -0.3 is 5.73 Å². The molecule has 0 aliphatic heterocycles. The van der Waals surface area contributed by atoms with Crippen molar-refractivity contribution in [2.24, 2.45) is 5.73 Å². The highest BCUT2D eigenvalue weighted by Crippen LogP contribution is 2.35. The molecule has 1 fully saturated rings. The number of hydrogen-bond donors (Lipinski definition) is 1. The first-order valence-corrected chi connectivity index (χ1v) is 2.11. The SMILES string of the molecule is NC1([S])CC1. The van der Waals surface area contributed by atoms with Crippen LogP contribution in [0.3, 0.4) is 0 Å². The van der Waals surface area contributed by atoms with Crippen LogP contribution in [0.25, 0.3) is 0 Å². The van der Waals surface area contributed by atoms with E-state index in [1.165, 1.54) is 0 Å². The Morgan fingerprint density at radius 2 is 1.80 bits per heavy atom. The van der Waals surface area contributed by atoms with E-state index in [2.05, 4.69) is 0 Å². The maximum Gasteiger partial charge on any atom is 0.0726 e. The third kappa shape index (κ3) is 0.816. The topological polar surface area (TPSA) is 26.0 Å². The quantitative estimate of drug-likeness (QED) is 0.462. The number of nitrogens with two attached hydrogens (primary N) is 1. The van der Waals surface area contributed by atoms with Crippen LogP contribution in [-0.4, -0.2) is 4.87 Å². The van der Waals surface area contributed by atoms with Gasteiger partial charge in [0.2, 0.25) is 0 Å². The van der Waals surface area contributed by atoms with Crippen LogP contribution in [0.2, 0.25) is 0 Å². The maximum absolute atomic E-state index is 5.28. The smallest absolute Gasteiger partial charge is 0.0726 e. The zero-order valence-corrected chi connectivity index (χ0v) is 3.72. The zero-order chi connectivity index (χ0) is 3.91. The van der Waals surface area contributed by atoms with Crippen LogP contribution < -0.4 is 5.73 Å². The highest BCUT2D eigenvalue weighted by atomic mass is 32.1. The molecule has 0 aromatic rings. The van der Waals surface area contributed by atoms with E-state index in [9.17, 15) is 0 Å². The van der Waals surface area contributed by atoms with Crippen LogP contribution in [0.1, 0.15) is 12.8 Å². The van der Waals surface area contributed by atoms with Gasteiger partial charge in [-0.2, -0.15) is 0 Å². The lowest BCUT2D eigenvalue weighted by molar-refractivity contribution is 0.995. The monoisotopic (exact) mass is 88.0 g/mol. The summed E-state index contributed by atoms with van der Waals surface area (Å²) in [5.74, 6) is 0. The predicted molar refractivity (Wildman–Crippen MR) is 23.7 cm³/mol. The Bertz CT molecular complexity index is 44.9. The van der Waals surface area contributed by atoms with Crippen molar-refractivity contribution in [1.29, 1.82) is 0 Å². The van der Waals surface area contributed by atoms with E-state index in [-0.39, 0.29) is 4.87 Å². The summed E-state index contributed by atoms with van der Waals surface area (Å²) in [6.07, 6.45) is 2.09. The van der Waals surface area contributed by atoms with Gasteiger partial charge in [-0.25, -0.2) is 0 Å². The Balaban J connectivity index is 2.38. The summed E-state index contributed by atoms with van der Waals surface area (Å²) in [5.41, 5.74) is 5.28. The lowest BCUT2D eigenvalue weighted by atomic mass is 10.8. The second-order valence-electron chi connectivity index (χ2n) is 1.56. The first-order chi connectivity index (χ1) is 2.21. The molecule has 0 spiro atoms. The van der Waals surface area contributed by atoms with Crippen molar-refractivity contribution in [2.75, 3.05) is 0 Å². The van der Waals surface area contributed by atoms with Gasteiger partial charge in [-0.1, -0.05) is 12.6 Å². The van der Waals surface area contributed by atoms with Crippen molar-refractivity contribution >= 4 is 12.6 Å². The van der Waals surface area contributed by atoms with E-state index < -0.39 is 0 Å². The summed E-state index contributed by atoms with van der Waals surface area (Å²) in [6.45, 7) is 0. The average molecular weight is 88.2 g/mol. The van der Waals surface area contributed by atoms with Gasteiger partial charge in [0.05, 0.1) is 4.87 Å². The van der Waals surface area contributed by atoms with Crippen molar-refractivity contribution < 1.29 is 0 Å². The third-order valence-corrected chi connectivity index (χ3v) is 1.15. The van der Waals surface area contributed by atoms with Crippen LogP contribution in [0, 0.1) is 0 Å². The Morgan fingerprint density at radius 1 is 1.60 bits per heavy atom. The highest BCUT2D eigenvalue weighted by molar-refractivity contribution is 7.82. The second kappa shape index (κ2) is 0.684. The van der Waals surface area contributed by atoms with Gasteiger partial charge in [0.25, 0.3) is 0 Å². The lowest BCUT2D eigenvalue weighted by Crippen LogP contribution is -2.10. The molecule has 1 radical (unpaired) electrons. The maximum atomic E-state index is 5.28. The predicted octanol–water partition coefficient (Wildman–Crippen LogP) is 0.633. The molecule has 5 heavy (non-hydrogen) atoms. The molecule has 2 heteroatoms. The summed E-state index contributed by atoms with van der Waals surface area (Å²) in [6, 6.07) is 0. The Labute approximate surface area is 37.0 Å². The van der Waals surface area contributed by atoms with E-state index in [0.29, 0.717) is 0 Å². The molecule has 0 aromatic heterocycles. The van der Waals surface area contributed by atoms with Crippen LogP contribution in [-0.2, 0) is 0 Å². The minimum Gasteiger partial charge on any atom is -0.316 e. The summed E-state index contributed by atoms with van der Waals surface area (Å²) in [7, 11) is 0. The van der Waals surface area contributed by atoms with Gasteiger partial charge in [-0.3, -0.25) is 0 Å². The zero-order valence-electron chi connectivity index (χ0n) is 2.90. The molecule has 0 heterocycles. The fraction of sp³-hybridized carbons (Fsp3) is 1.00. The van der Waals surface area contributed by atoms with E-state index >= 15 is 0 Å². The van der Waals surface area contributed by atoms with Crippen LogP contribution in [0.15, 0.2) is 0 Å². The molecule has 0 amide bonds. The van der Waals surface area contributed by atoms with Gasteiger partial charge in [-0.15, -0.1) is 0 Å². The Kier molecular flexibility index (Phi) is 0.478. The van der Waals surface area contributed by atoms with E-state index in [4.69, 9.17) is 18.4 Å². The number of rotatable bonds is 0. The van der Waals surface area contributed by atoms with Gasteiger partial charge in [-0.05, 0) is 12.8 Å². The van der Waals surface area contributed by atoms with Gasteiger partial charge in [0.1, 0.15) is 0 Å². The molecule has 0 atom stereocenters. The van der Waals surface area contributed by atoms with E-state index in [0.717, 1.165) is 12.8 Å². The van der Waals surface area contributed by atoms with Crippen LogP contribution in [0.4, 0.5) is 0 Å². The van der Waals surface area contributed by atoms with Gasteiger partial charge >= 0.3 is 0 Å². The normalized spacial score (nSPS) is 30.0. The van der Waals surface area contributed by atoms with Crippen molar-refractivity contribution in [3.63, 3.8) is 0 Å². The van der Waals surface area contributed by atoms with Crippen LogP contribution in [0.5, 0.6) is 0 Å². The fourth-order valence-electron chi connectivity index (χ4n) is 0.123. The molecule has 0 aromatic carbocycles. The molecule has 1 aliphatic rings. The van der Waals surface area contributed by atoms with Crippen molar-refractivity contribution in [2.45, 2.75) is 17.7 Å². The van der Waals surface area contributed by atoms with Crippen molar-refractivity contribution in [1.82, 2.24) is 0 Å². The fourth-order valence-corrected chi connectivity index (χ4v) is 0.225. The minimum absolute atomic E-state index is 0.167. The lowest BCUT2D eigenvalue weighted by Gasteiger charge is -1.85. The summed E-state index contributed by atoms with van der Waals surface area (Å²) >= 11 is 4.72. The first kappa shape index (κ1) is 3.50. The second-order valence-corrected chi connectivity index (χ2v) is 2.38. The molecular weight excluding hydrogens is 82.1 g/mol. The Hall–Kier alpha value is 0.310. The average Bonchev–Trinajstić information content (AvgIpc) is 1.76. The molecule has 1 nitrogen and oxygen atoms in total. The van der Waals surface area contributed by atoms with Gasteiger partial charge in [0.15, 0.2) is 0 Å². The molecule has 1 saturated carbocycles. The van der Waals surface area contributed by atoms with Crippen molar-refractivity contribution in [3.8, 4) is 0 Å². The largest absolute Gasteiger partial charge is 0.316 e. The summed E-state index contributed by atoms with van der Waals surface area (Å²) in [5, 5.41) is 0. The molecule has 0 bridgehead atoms. The molecule has 0 saturated heterocycles. The first-order valence-electron chi connectivity index (χ1n) is 1.70. The van der Waals surface area contributed by atoms with Crippen molar-refractivity contribution in [3.05, 3.63) is 0 Å². The van der Waals surface area contributed by atoms with Crippen LogP contribution >= 0.6 is 12.6 Å². The minimum atomic E-state index is -0.167. The highest BCUT2D eigenvalue weighted by Gasteiger charge is 2.34. The molecule has 2 N–H and O–H groups in total. The molecule has 1 rings (SSSR count). The standard InChI is InChI=1S/C3H6NS/c4-3(5)1-2-3/h1-2,4H2. The molecule has 1 aliphatic carbocycles. The molecular formula is C3H6NS. The summed E-state index contributed by atoms with van der Waals surface area (Å²) < 4.78 is 0. The third-order valence-electron chi connectivity index (χ3n) is 0.743. The Morgan fingerprint density at radius 3 is 1.80 bits per heavy atom. The number of hydrogen-bond acceptors (Lipinski definition) is 1.